The molecular formula is C17H13Cl2N7. The third kappa shape index (κ3) is 3.02. The van der Waals surface area contributed by atoms with Gasteiger partial charge in [0.25, 0.3) is 0 Å². The van der Waals surface area contributed by atoms with Gasteiger partial charge in [0, 0.05) is 11.9 Å². The maximum absolute atomic E-state index is 6.31. The standard InChI is InChI=1S/C17H13Cl2N7/c1-8-6-23-13(7-22-8)25-17-15-12(2-3-21-17)24-16(26-15)14-10(18)4-9(20)5-11(14)19/h2-7H,20H2,1H3,(H,24,26)(H,21,23,25). The van der Waals surface area contributed by atoms with Gasteiger partial charge >= 0.3 is 0 Å². The fraction of sp³-hybridized carbons (Fsp3) is 0.0588. The van der Waals surface area contributed by atoms with Crippen molar-refractivity contribution in [2.45, 2.75) is 6.92 Å². The van der Waals surface area contributed by atoms with Crippen molar-refractivity contribution in [1.29, 1.82) is 0 Å². The third-order valence-electron chi connectivity index (χ3n) is 3.73. The van der Waals surface area contributed by atoms with Gasteiger partial charge < -0.3 is 16.0 Å². The van der Waals surface area contributed by atoms with Crippen molar-refractivity contribution in [1.82, 2.24) is 24.9 Å². The minimum absolute atomic E-state index is 0.418. The van der Waals surface area contributed by atoms with Gasteiger partial charge in [-0.1, -0.05) is 23.2 Å². The first-order chi connectivity index (χ1) is 12.5. The van der Waals surface area contributed by atoms with E-state index in [2.05, 4.69) is 30.2 Å². The normalized spacial score (nSPS) is 11.0. The summed E-state index contributed by atoms with van der Waals surface area (Å²) in [5.41, 5.74) is 9.08. The van der Waals surface area contributed by atoms with Gasteiger partial charge in [-0.3, -0.25) is 4.98 Å². The van der Waals surface area contributed by atoms with Crippen LogP contribution in [0.2, 0.25) is 10.0 Å². The van der Waals surface area contributed by atoms with Gasteiger partial charge in [0.15, 0.2) is 5.82 Å². The zero-order valence-electron chi connectivity index (χ0n) is 13.6. The number of imidazole rings is 1. The van der Waals surface area contributed by atoms with E-state index in [1.165, 1.54) is 0 Å². The van der Waals surface area contributed by atoms with Crippen molar-refractivity contribution in [2.75, 3.05) is 11.1 Å². The molecule has 1 aromatic carbocycles. The van der Waals surface area contributed by atoms with E-state index in [1.807, 2.05) is 6.92 Å². The number of rotatable bonds is 3. The number of halogens is 2. The fourth-order valence-corrected chi connectivity index (χ4v) is 3.23. The van der Waals surface area contributed by atoms with Gasteiger partial charge in [-0.15, -0.1) is 0 Å². The lowest BCUT2D eigenvalue weighted by molar-refractivity contribution is 1.11. The molecule has 0 bridgehead atoms. The molecule has 0 spiro atoms. The second kappa shape index (κ2) is 6.44. The molecule has 3 aromatic heterocycles. The van der Waals surface area contributed by atoms with Crippen LogP contribution in [0.5, 0.6) is 0 Å². The van der Waals surface area contributed by atoms with E-state index in [1.54, 1.807) is 36.8 Å². The predicted molar refractivity (Wildman–Crippen MR) is 104 cm³/mol. The second-order valence-electron chi connectivity index (χ2n) is 5.67. The Hall–Kier alpha value is -2.90. The Morgan fingerprint density at radius 2 is 1.85 bits per heavy atom. The van der Waals surface area contributed by atoms with Crippen LogP contribution >= 0.6 is 23.2 Å². The second-order valence-corrected chi connectivity index (χ2v) is 6.48. The lowest BCUT2D eigenvalue weighted by Crippen LogP contribution is -1.98. The van der Waals surface area contributed by atoms with Crippen LogP contribution < -0.4 is 11.1 Å². The number of aromatic nitrogens is 5. The van der Waals surface area contributed by atoms with Crippen LogP contribution in [0.4, 0.5) is 17.3 Å². The molecule has 0 aliphatic carbocycles. The highest BCUT2D eigenvalue weighted by Gasteiger charge is 2.16. The summed E-state index contributed by atoms with van der Waals surface area (Å²) in [6.07, 6.45) is 4.97. The maximum atomic E-state index is 6.31. The highest BCUT2D eigenvalue weighted by molar-refractivity contribution is 6.39. The minimum atomic E-state index is 0.418. The molecule has 0 atom stereocenters. The van der Waals surface area contributed by atoms with Crippen LogP contribution in [0.3, 0.4) is 0 Å². The number of anilines is 3. The van der Waals surface area contributed by atoms with E-state index in [0.29, 0.717) is 49.8 Å². The largest absolute Gasteiger partial charge is 0.399 e. The molecule has 0 saturated heterocycles. The van der Waals surface area contributed by atoms with Gasteiger partial charge in [-0.2, -0.15) is 0 Å². The van der Waals surface area contributed by atoms with Crippen LogP contribution in [-0.2, 0) is 0 Å². The van der Waals surface area contributed by atoms with E-state index in [9.17, 15) is 0 Å². The van der Waals surface area contributed by atoms with Gasteiger partial charge in [0.2, 0.25) is 0 Å². The van der Waals surface area contributed by atoms with Crippen LogP contribution in [0.25, 0.3) is 22.4 Å². The van der Waals surface area contributed by atoms with Crippen molar-refractivity contribution < 1.29 is 0 Å². The molecule has 4 N–H and O–H groups in total. The Kier molecular flexibility index (Phi) is 4.10. The summed E-state index contributed by atoms with van der Waals surface area (Å²) in [5, 5.41) is 3.97. The predicted octanol–water partition coefficient (Wildman–Crippen LogP) is 4.36. The zero-order valence-corrected chi connectivity index (χ0v) is 15.1. The molecule has 3 heterocycles. The molecule has 130 valence electrons. The maximum Gasteiger partial charge on any atom is 0.157 e. The first-order valence-corrected chi connectivity index (χ1v) is 8.42. The lowest BCUT2D eigenvalue weighted by atomic mass is 10.2. The Bertz CT molecular complexity index is 1080. The minimum Gasteiger partial charge on any atom is -0.399 e. The molecular weight excluding hydrogens is 373 g/mol. The summed E-state index contributed by atoms with van der Waals surface area (Å²) in [6.45, 7) is 1.87. The van der Waals surface area contributed by atoms with E-state index in [4.69, 9.17) is 28.9 Å². The molecule has 0 aliphatic rings. The van der Waals surface area contributed by atoms with Crippen molar-refractivity contribution in [3.8, 4) is 11.4 Å². The SMILES string of the molecule is Cc1cnc(Nc2nccc3nc(-c4c(Cl)cc(N)cc4Cl)[nH]c23)cn1. The van der Waals surface area contributed by atoms with Crippen LogP contribution in [-0.4, -0.2) is 24.9 Å². The average Bonchev–Trinajstić information content (AvgIpc) is 3.00. The Morgan fingerprint density at radius 3 is 2.54 bits per heavy atom. The molecule has 0 unspecified atom stereocenters. The number of nitrogens with one attached hydrogen (secondary N) is 2. The Morgan fingerprint density at radius 1 is 1.08 bits per heavy atom. The number of aromatic amines is 1. The number of pyridine rings is 1. The highest BCUT2D eigenvalue weighted by Crippen LogP contribution is 2.36. The topological polar surface area (TPSA) is 105 Å². The molecule has 0 saturated carbocycles. The van der Waals surface area contributed by atoms with Crippen LogP contribution in [0.15, 0.2) is 36.8 Å². The average molecular weight is 386 g/mol. The summed E-state index contributed by atoms with van der Waals surface area (Å²) in [5.74, 6) is 1.68. The van der Waals surface area contributed by atoms with E-state index in [-0.39, 0.29) is 0 Å². The van der Waals surface area contributed by atoms with Gasteiger partial charge in [-0.25, -0.2) is 15.0 Å². The number of aryl methyl sites for hydroxylation is 1. The van der Waals surface area contributed by atoms with Crippen molar-refractivity contribution in [3.05, 3.63) is 52.5 Å². The summed E-state index contributed by atoms with van der Waals surface area (Å²) < 4.78 is 0. The van der Waals surface area contributed by atoms with Crippen LogP contribution in [0.1, 0.15) is 5.69 Å². The van der Waals surface area contributed by atoms with Gasteiger partial charge in [-0.05, 0) is 25.1 Å². The van der Waals surface area contributed by atoms with Crippen molar-refractivity contribution >= 4 is 51.6 Å². The Balaban J connectivity index is 1.80. The number of H-pyrrole nitrogens is 1. The smallest absolute Gasteiger partial charge is 0.157 e. The number of hydrogen-bond acceptors (Lipinski definition) is 6. The lowest BCUT2D eigenvalue weighted by Gasteiger charge is -2.06. The first-order valence-electron chi connectivity index (χ1n) is 7.66. The number of benzene rings is 1. The van der Waals surface area contributed by atoms with Crippen LogP contribution in [0, 0.1) is 6.92 Å². The molecule has 7 nitrogen and oxygen atoms in total. The number of fused-ring (bicyclic) bond motifs is 1. The summed E-state index contributed by atoms with van der Waals surface area (Å²) >= 11 is 12.6. The molecule has 0 aliphatic heterocycles. The van der Waals surface area contributed by atoms with Gasteiger partial charge in [0.1, 0.15) is 17.2 Å². The fourth-order valence-electron chi connectivity index (χ4n) is 2.55. The van der Waals surface area contributed by atoms with Crippen molar-refractivity contribution in [3.63, 3.8) is 0 Å². The molecule has 0 fully saturated rings. The number of nitrogens with zero attached hydrogens (tertiary/aromatic N) is 4. The highest BCUT2D eigenvalue weighted by atomic mass is 35.5. The molecule has 4 aromatic rings. The van der Waals surface area contributed by atoms with Gasteiger partial charge in [0.05, 0.1) is 39.2 Å². The summed E-state index contributed by atoms with van der Waals surface area (Å²) in [4.78, 5) is 20.6. The quantitative estimate of drug-likeness (QED) is 0.452. The Labute approximate surface area is 158 Å². The van der Waals surface area contributed by atoms with Crippen molar-refractivity contribution in [2.24, 2.45) is 0 Å². The monoisotopic (exact) mass is 385 g/mol. The zero-order chi connectivity index (χ0) is 18.3. The van der Waals surface area contributed by atoms with E-state index >= 15 is 0 Å². The van der Waals surface area contributed by atoms with E-state index < -0.39 is 0 Å². The third-order valence-corrected chi connectivity index (χ3v) is 4.33. The molecule has 4 rings (SSSR count). The van der Waals surface area contributed by atoms with E-state index in [0.717, 1.165) is 5.69 Å². The molecule has 0 radical (unpaired) electrons. The first kappa shape index (κ1) is 16.6. The molecule has 26 heavy (non-hydrogen) atoms. The number of nitrogen functional groups attached to an aromatic ring is 1. The molecule has 9 heteroatoms. The number of hydrogen-bond donors (Lipinski definition) is 3. The summed E-state index contributed by atoms with van der Waals surface area (Å²) in [7, 11) is 0. The number of nitrogens with two attached hydrogens (primary N) is 1. The molecule has 0 amide bonds. The summed E-state index contributed by atoms with van der Waals surface area (Å²) in [6, 6.07) is 5.06.